The van der Waals surface area contributed by atoms with Gasteiger partial charge in [0.1, 0.15) is 0 Å². The fraction of sp³-hybridized carbons (Fsp3) is 0.818. The van der Waals surface area contributed by atoms with Crippen LogP contribution in [0, 0.1) is 0 Å². The van der Waals surface area contributed by atoms with Gasteiger partial charge in [0.05, 0.1) is 6.54 Å². The van der Waals surface area contributed by atoms with E-state index in [0.29, 0.717) is 13.0 Å². The Balaban J connectivity index is 2.50. The quantitative estimate of drug-likeness (QED) is 0.753. The number of rotatable bonds is 4. The zero-order valence-corrected chi connectivity index (χ0v) is 9.58. The van der Waals surface area contributed by atoms with Crippen LogP contribution < -0.4 is 5.32 Å². The van der Waals surface area contributed by atoms with Crippen molar-refractivity contribution < 1.29 is 9.59 Å². The third-order valence-electron chi connectivity index (χ3n) is 2.84. The molecule has 0 bridgehead atoms. The molecule has 0 aliphatic carbocycles. The number of hydrogen-bond acceptors (Lipinski definition) is 2. The van der Waals surface area contributed by atoms with Gasteiger partial charge in [0.25, 0.3) is 0 Å². The lowest BCUT2D eigenvalue weighted by molar-refractivity contribution is -0.132. The van der Waals surface area contributed by atoms with Crippen molar-refractivity contribution in [2.75, 3.05) is 13.1 Å². The second kappa shape index (κ2) is 5.73. The van der Waals surface area contributed by atoms with Crippen molar-refractivity contribution in [3.8, 4) is 0 Å². The highest BCUT2D eigenvalue weighted by Gasteiger charge is 2.23. The minimum Gasteiger partial charge on any atom is -0.347 e. The van der Waals surface area contributed by atoms with Crippen molar-refractivity contribution in [2.24, 2.45) is 0 Å². The third kappa shape index (κ3) is 3.53. The van der Waals surface area contributed by atoms with Gasteiger partial charge in [0.15, 0.2) is 0 Å². The molecule has 0 spiro atoms. The first-order valence-corrected chi connectivity index (χ1v) is 5.71. The summed E-state index contributed by atoms with van der Waals surface area (Å²) >= 11 is 0. The molecule has 1 fully saturated rings. The van der Waals surface area contributed by atoms with Crippen molar-refractivity contribution >= 4 is 11.8 Å². The molecular formula is C11H20N2O2. The predicted octanol–water partition coefficient (Wildman–Crippen LogP) is 0.914. The SMILES string of the molecule is CCCCC(C)N1CCC(=O)NCC1=O. The van der Waals surface area contributed by atoms with Crippen LogP contribution in [0.15, 0.2) is 0 Å². The second-order valence-electron chi connectivity index (χ2n) is 4.11. The maximum Gasteiger partial charge on any atom is 0.242 e. The molecule has 1 unspecified atom stereocenters. The van der Waals surface area contributed by atoms with Crippen molar-refractivity contribution in [3.05, 3.63) is 0 Å². The molecule has 0 aromatic rings. The highest BCUT2D eigenvalue weighted by atomic mass is 16.2. The lowest BCUT2D eigenvalue weighted by Crippen LogP contribution is -2.41. The van der Waals surface area contributed by atoms with Gasteiger partial charge in [-0.15, -0.1) is 0 Å². The molecule has 2 amide bonds. The maximum atomic E-state index is 11.7. The van der Waals surface area contributed by atoms with E-state index in [2.05, 4.69) is 19.2 Å². The minimum atomic E-state index is -0.0199. The molecule has 1 N–H and O–H groups in total. The van der Waals surface area contributed by atoms with Crippen LogP contribution in [-0.4, -0.2) is 35.8 Å². The zero-order chi connectivity index (χ0) is 11.3. The van der Waals surface area contributed by atoms with Crippen LogP contribution in [0.3, 0.4) is 0 Å². The molecule has 0 radical (unpaired) electrons. The van der Waals surface area contributed by atoms with E-state index in [1.54, 1.807) is 0 Å². The van der Waals surface area contributed by atoms with Crippen molar-refractivity contribution in [2.45, 2.75) is 45.6 Å². The third-order valence-corrected chi connectivity index (χ3v) is 2.84. The monoisotopic (exact) mass is 212 g/mol. The van der Waals surface area contributed by atoms with Gasteiger partial charge in [0.2, 0.25) is 11.8 Å². The van der Waals surface area contributed by atoms with Crippen LogP contribution in [0.5, 0.6) is 0 Å². The van der Waals surface area contributed by atoms with E-state index in [0.717, 1.165) is 19.3 Å². The van der Waals surface area contributed by atoms with E-state index >= 15 is 0 Å². The number of nitrogens with one attached hydrogen (secondary N) is 1. The molecule has 86 valence electrons. The summed E-state index contributed by atoms with van der Waals surface area (Å²) in [4.78, 5) is 24.6. The largest absolute Gasteiger partial charge is 0.347 e. The van der Waals surface area contributed by atoms with E-state index in [9.17, 15) is 9.59 Å². The van der Waals surface area contributed by atoms with Crippen molar-refractivity contribution in [1.82, 2.24) is 10.2 Å². The molecule has 1 heterocycles. The first-order valence-electron chi connectivity index (χ1n) is 5.71. The molecule has 4 heteroatoms. The highest BCUT2D eigenvalue weighted by molar-refractivity contribution is 5.87. The Hall–Kier alpha value is -1.06. The molecule has 1 saturated heterocycles. The summed E-state index contributed by atoms with van der Waals surface area (Å²) in [5.74, 6) is 0.0259. The van der Waals surface area contributed by atoms with E-state index in [4.69, 9.17) is 0 Å². The van der Waals surface area contributed by atoms with Crippen molar-refractivity contribution in [1.29, 1.82) is 0 Å². The predicted molar refractivity (Wildman–Crippen MR) is 58.3 cm³/mol. The molecule has 1 atom stereocenters. The van der Waals surface area contributed by atoms with Gasteiger partial charge in [0, 0.05) is 19.0 Å². The van der Waals surface area contributed by atoms with Gasteiger partial charge in [-0.1, -0.05) is 19.8 Å². The molecule has 0 aromatic carbocycles. The summed E-state index contributed by atoms with van der Waals surface area (Å²) in [7, 11) is 0. The van der Waals surface area contributed by atoms with Crippen LogP contribution >= 0.6 is 0 Å². The summed E-state index contributed by atoms with van der Waals surface area (Å²) in [6, 6.07) is 0.255. The Labute approximate surface area is 91.0 Å². The smallest absolute Gasteiger partial charge is 0.242 e. The summed E-state index contributed by atoms with van der Waals surface area (Å²) in [6.45, 7) is 4.93. The van der Waals surface area contributed by atoms with Gasteiger partial charge >= 0.3 is 0 Å². The number of carbonyl (C=O) groups excluding carboxylic acids is 2. The second-order valence-corrected chi connectivity index (χ2v) is 4.11. The molecule has 4 nitrogen and oxygen atoms in total. The Morgan fingerprint density at radius 1 is 1.47 bits per heavy atom. The fourth-order valence-electron chi connectivity index (χ4n) is 1.83. The average molecular weight is 212 g/mol. The first-order chi connectivity index (χ1) is 7.15. The number of hydrogen-bond donors (Lipinski definition) is 1. The Bertz CT molecular complexity index is 241. The fourth-order valence-corrected chi connectivity index (χ4v) is 1.83. The van der Waals surface area contributed by atoms with Crippen LogP contribution in [0.25, 0.3) is 0 Å². The molecular weight excluding hydrogens is 192 g/mol. The van der Waals surface area contributed by atoms with E-state index in [-0.39, 0.29) is 24.4 Å². The van der Waals surface area contributed by atoms with Gasteiger partial charge in [-0.25, -0.2) is 0 Å². The lowest BCUT2D eigenvalue weighted by atomic mass is 10.1. The van der Waals surface area contributed by atoms with Gasteiger partial charge in [-0.05, 0) is 13.3 Å². The molecule has 0 saturated carbocycles. The minimum absolute atomic E-state index is 0.0199. The van der Waals surface area contributed by atoms with Crippen LogP contribution in [0.4, 0.5) is 0 Å². The van der Waals surface area contributed by atoms with Crippen molar-refractivity contribution in [3.63, 3.8) is 0 Å². The van der Waals surface area contributed by atoms with Crippen LogP contribution in [-0.2, 0) is 9.59 Å². The average Bonchev–Trinajstić information content (AvgIpc) is 2.38. The molecule has 1 aliphatic rings. The number of nitrogens with zero attached hydrogens (tertiary/aromatic N) is 1. The number of carbonyl (C=O) groups is 2. The molecule has 1 aliphatic heterocycles. The van der Waals surface area contributed by atoms with E-state index in [1.165, 1.54) is 0 Å². The molecule has 1 rings (SSSR count). The van der Waals surface area contributed by atoms with E-state index < -0.39 is 0 Å². The van der Waals surface area contributed by atoms with Crippen LogP contribution in [0.1, 0.15) is 39.5 Å². The van der Waals surface area contributed by atoms with Crippen LogP contribution in [0.2, 0.25) is 0 Å². The van der Waals surface area contributed by atoms with Gasteiger partial charge in [-0.2, -0.15) is 0 Å². The molecule has 0 aromatic heterocycles. The zero-order valence-electron chi connectivity index (χ0n) is 9.58. The van der Waals surface area contributed by atoms with Gasteiger partial charge < -0.3 is 10.2 Å². The Morgan fingerprint density at radius 3 is 2.87 bits per heavy atom. The summed E-state index contributed by atoms with van der Waals surface area (Å²) in [6.07, 6.45) is 3.73. The summed E-state index contributed by atoms with van der Waals surface area (Å²) in [5, 5.41) is 2.61. The summed E-state index contributed by atoms with van der Waals surface area (Å²) in [5.41, 5.74) is 0. The lowest BCUT2D eigenvalue weighted by Gasteiger charge is -2.27. The Morgan fingerprint density at radius 2 is 2.20 bits per heavy atom. The normalized spacial score (nSPS) is 19.7. The number of amides is 2. The first kappa shape index (κ1) is 12.0. The topological polar surface area (TPSA) is 49.4 Å². The highest BCUT2D eigenvalue weighted by Crippen LogP contribution is 2.10. The molecule has 15 heavy (non-hydrogen) atoms. The standard InChI is InChI=1S/C11H20N2O2/c1-3-4-5-9(2)13-7-6-10(14)12-8-11(13)15/h9H,3-8H2,1-2H3,(H,12,14). The summed E-state index contributed by atoms with van der Waals surface area (Å²) < 4.78 is 0. The Kier molecular flexibility index (Phi) is 4.59. The maximum absolute atomic E-state index is 11.7. The van der Waals surface area contributed by atoms with E-state index in [1.807, 2.05) is 4.90 Å². The number of unbranched alkanes of at least 4 members (excludes halogenated alkanes) is 1. The van der Waals surface area contributed by atoms with Gasteiger partial charge in [-0.3, -0.25) is 9.59 Å².